The Kier molecular flexibility index (Phi) is 4.04. The highest BCUT2D eigenvalue weighted by atomic mass is 32.2. The number of anilines is 1. The van der Waals surface area contributed by atoms with Crippen LogP contribution in [-0.4, -0.2) is 21.4 Å². The van der Waals surface area contributed by atoms with E-state index < -0.39 is 4.92 Å². The molecule has 0 spiro atoms. The monoisotopic (exact) mass is 300 g/mol. The van der Waals surface area contributed by atoms with Crippen molar-refractivity contribution in [3.8, 4) is 0 Å². The number of thioether (sulfide) groups is 1. The van der Waals surface area contributed by atoms with Gasteiger partial charge in [-0.3, -0.25) is 10.1 Å². The van der Waals surface area contributed by atoms with Crippen LogP contribution in [0.2, 0.25) is 0 Å². The number of aromatic nitrogens is 2. The second-order valence-electron chi connectivity index (χ2n) is 3.16. The van der Waals surface area contributed by atoms with Crippen molar-refractivity contribution in [3.05, 3.63) is 28.3 Å². The van der Waals surface area contributed by atoms with Gasteiger partial charge in [-0.25, -0.2) is 0 Å². The summed E-state index contributed by atoms with van der Waals surface area (Å²) in [5.41, 5.74) is 5.97. The molecular formula is C9H8N4O2S3. The Hall–Kier alpha value is -1.32. The van der Waals surface area contributed by atoms with E-state index in [-0.39, 0.29) is 5.69 Å². The van der Waals surface area contributed by atoms with Crippen LogP contribution in [0.5, 0.6) is 0 Å². The topological polar surface area (TPSA) is 94.9 Å². The normalized spacial score (nSPS) is 10.5. The number of nitrogen functional groups attached to an aromatic ring is 1. The van der Waals surface area contributed by atoms with E-state index in [4.69, 9.17) is 5.73 Å². The van der Waals surface area contributed by atoms with Crippen molar-refractivity contribution in [2.75, 3.05) is 12.0 Å². The van der Waals surface area contributed by atoms with Crippen LogP contribution in [0, 0.1) is 10.1 Å². The summed E-state index contributed by atoms with van der Waals surface area (Å²) in [4.78, 5) is 10.9. The smallest absolute Gasteiger partial charge is 0.272 e. The van der Waals surface area contributed by atoms with E-state index in [2.05, 4.69) is 10.2 Å². The Morgan fingerprint density at radius 1 is 1.33 bits per heavy atom. The molecule has 2 N–H and O–H groups in total. The molecule has 1 aromatic carbocycles. The molecule has 6 nitrogen and oxygen atoms in total. The number of nitrogens with two attached hydrogens (primary N) is 1. The molecule has 0 amide bonds. The Balaban J connectivity index is 2.25. The Labute approximate surface area is 115 Å². The Morgan fingerprint density at radius 2 is 2.06 bits per heavy atom. The van der Waals surface area contributed by atoms with Gasteiger partial charge in [0.2, 0.25) is 0 Å². The molecule has 0 atom stereocenters. The first-order chi connectivity index (χ1) is 8.58. The third-order valence-electron chi connectivity index (χ3n) is 1.89. The largest absolute Gasteiger partial charge is 0.398 e. The molecule has 1 heterocycles. The van der Waals surface area contributed by atoms with Crippen LogP contribution in [0.15, 0.2) is 31.8 Å². The van der Waals surface area contributed by atoms with Gasteiger partial charge in [0, 0.05) is 22.7 Å². The van der Waals surface area contributed by atoms with Crippen LogP contribution in [0.3, 0.4) is 0 Å². The molecule has 0 aliphatic heterocycles. The lowest BCUT2D eigenvalue weighted by Gasteiger charge is -1.99. The maximum atomic E-state index is 10.7. The molecule has 0 aliphatic carbocycles. The maximum absolute atomic E-state index is 10.7. The average Bonchev–Trinajstić information content (AvgIpc) is 2.76. The van der Waals surface area contributed by atoms with E-state index in [0.29, 0.717) is 10.6 Å². The van der Waals surface area contributed by atoms with E-state index >= 15 is 0 Å². The summed E-state index contributed by atoms with van der Waals surface area (Å²) in [6, 6.07) is 4.48. The van der Waals surface area contributed by atoms with E-state index in [1.807, 2.05) is 6.26 Å². The third-order valence-corrected chi connectivity index (χ3v) is 4.81. The minimum atomic E-state index is -0.464. The lowest BCUT2D eigenvalue weighted by molar-refractivity contribution is -0.385. The molecular weight excluding hydrogens is 292 g/mol. The number of nitrogens with zero attached hydrogens (tertiary/aromatic N) is 3. The number of hydrogen-bond donors (Lipinski definition) is 1. The zero-order valence-electron chi connectivity index (χ0n) is 9.19. The number of nitro benzene ring substituents is 1. The molecule has 9 heteroatoms. The summed E-state index contributed by atoms with van der Waals surface area (Å²) in [5, 5.41) is 18.7. The van der Waals surface area contributed by atoms with Gasteiger partial charge >= 0.3 is 0 Å². The van der Waals surface area contributed by atoms with Gasteiger partial charge in [0.1, 0.15) is 0 Å². The number of rotatable bonds is 4. The molecule has 0 saturated heterocycles. The quantitative estimate of drug-likeness (QED) is 0.401. The first-order valence-electron chi connectivity index (χ1n) is 4.69. The zero-order chi connectivity index (χ0) is 13.1. The van der Waals surface area contributed by atoms with Crippen LogP contribution in [-0.2, 0) is 0 Å². The van der Waals surface area contributed by atoms with Crippen LogP contribution in [0.25, 0.3) is 0 Å². The van der Waals surface area contributed by atoms with Crippen molar-refractivity contribution in [3.63, 3.8) is 0 Å². The van der Waals surface area contributed by atoms with Gasteiger partial charge in [-0.2, -0.15) is 0 Å². The summed E-state index contributed by atoms with van der Waals surface area (Å²) in [6.07, 6.45) is 1.92. The molecule has 0 aliphatic rings. The molecule has 0 saturated carbocycles. The first-order valence-corrected chi connectivity index (χ1v) is 7.54. The van der Waals surface area contributed by atoms with Crippen molar-refractivity contribution in [1.29, 1.82) is 0 Å². The lowest BCUT2D eigenvalue weighted by atomic mass is 10.3. The number of benzene rings is 1. The highest BCUT2D eigenvalue weighted by molar-refractivity contribution is 8.03. The molecule has 0 bridgehead atoms. The fourth-order valence-electron chi connectivity index (χ4n) is 1.19. The van der Waals surface area contributed by atoms with E-state index in [1.165, 1.54) is 47.0 Å². The van der Waals surface area contributed by atoms with Gasteiger partial charge in [0.25, 0.3) is 5.69 Å². The fourth-order valence-corrected chi connectivity index (χ4v) is 3.71. The molecule has 1 aromatic heterocycles. The van der Waals surface area contributed by atoms with Gasteiger partial charge in [-0.05, 0) is 12.3 Å². The van der Waals surface area contributed by atoms with E-state index in [0.717, 1.165) is 8.68 Å². The van der Waals surface area contributed by atoms with E-state index in [1.54, 1.807) is 6.07 Å². The van der Waals surface area contributed by atoms with Crippen LogP contribution in [0.4, 0.5) is 11.4 Å². The summed E-state index contributed by atoms with van der Waals surface area (Å²) in [7, 11) is 0. The van der Waals surface area contributed by atoms with Crippen molar-refractivity contribution >= 4 is 46.2 Å². The molecule has 2 aromatic rings. The zero-order valence-corrected chi connectivity index (χ0v) is 11.6. The van der Waals surface area contributed by atoms with Gasteiger partial charge in [0.15, 0.2) is 8.68 Å². The van der Waals surface area contributed by atoms with Crippen molar-refractivity contribution < 1.29 is 4.92 Å². The third kappa shape index (κ3) is 3.12. The minimum Gasteiger partial charge on any atom is -0.398 e. The molecule has 2 rings (SSSR count). The summed E-state index contributed by atoms with van der Waals surface area (Å²) in [6.45, 7) is 0. The van der Waals surface area contributed by atoms with Crippen molar-refractivity contribution in [2.24, 2.45) is 0 Å². The van der Waals surface area contributed by atoms with Crippen LogP contribution in [0.1, 0.15) is 0 Å². The number of nitro groups is 1. The Morgan fingerprint density at radius 3 is 2.67 bits per heavy atom. The number of non-ortho nitro benzene ring substituents is 1. The standard InChI is InChI=1S/C9H8N4O2S3/c1-16-8-11-12-9(18-8)17-7-3-5(10)2-6(4-7)13(14)15/h2-4H,10H2,1H3. The van der Waals surface area contributed by atoms with Gasteiger partial charge < -0.3 is 5.73 Å². The molecule has 94 valence electrons. The van der Waals surface area contributed by atoms with Crippen LogP contribution >= 0.6 is 34.9 Å². The molecule has 0 radical (unpaired) electrons. The van der Waals surface area contributed by atoms with Crippen molar-refractivity contribution in [1.82, 2.24) is 10.2 Å². The molecule has 0 unspecified atom stereocenters. The fraction of sp³-hybridized carbons (Fsp3) is 0.111. The van der Waals surface area contributed by atoms with Gasteiger partial charge in [-0.1, -0.05) is 34.9 Å². The average molecular weight is 300 g/mol. The van der Waals surface area contributed by atoms with Crippen LogP contribution < -0.4 is 5.73 Å². The van der Waals surface area contributed by atoms with Crippen molar-refractivity contribution in [2.45, 2.75) is 13.6 Å². The summed E-state index contributed by atoms with van der Waals surface area (Å²) < 4.78 is 1.59. The Bertz CT molecular complexity index is 587. The lowest BCUT2D eigenvalue weighted by Crippen LogP contribution is -1.92. The first kappa shape index (κ1) is 13.1. The van der Waals surface area contributed by atoms with Gasteiger partial charge in [0.05, 0.1) is 4.92 Å². The van der Waals surface area contributed by atoms with Gasteiger partial charge in [-0.15, -0.1) is 10.2 Å². The number of hydrogen-bond acceptors (Lipinski definition) is 8. The predicted molar refractivity (Wildman–Crippen MR) is 73.3 cm³/mol. The maximum Gasteiger partial charge on any atom is 0.272 e. The predicted octanol–water partition coefficient (Wildman–Crippen LogP) is 2.90. The molecule has 18 heavy (non-hydrogen) atoms. The summed E-state index contributed by atoms with van der Waals surface area (Å²) >= 11 is 4.27. The van der Waals surface area contributed by atoms with E-state index in [9.17, 15) is 10.1 Å². The highest BCUT2D eigenvalue weighted by Gasteiger charge is 2.11. The second-order valence-corrected chi connectivity index (χ2v) is 6.51. The highest BCUT2D eigenvalue weighted by Crippen LogP contribution is 2.35. The summed E-state index contributed by atoms with van der Waals surface area (Å²) in [5.74, 6) is 0. The second kappa shape index (κ2) is 5.55. The minimum absolute atomic E-state index is 0.0212. The SMILES string of the molecule is CSc1nnc(Sc2cc(N)cc([N+](=O)[O-])c2)s1. The molecule has 0 fully saturated rings.